The molecule has 0 amide bonds. The molecular formula is C16H19NO2. The maximum absolute atomic E-state index is 10.5. The molecule has 0 aliphatic rings. The Morgan fingerprint density at radius 2 is 2.00 bits per heavy atom. The van der Waals surface area contributed by atoms with E-state index in [4.69, 9.17) is 10.5 Å². The summed E-state index contributed by atoms with van der Waals surface area (Å²) in [6.07, 6.45) is -0.707. The van der Waals surface area contributed by atoms with Crippen molar-refractivity contribution in [3.63, 3.8) is 0 Å². The minimum Gasteiger partial charge on any atom is -0.496 e. The lowest BCUT2D eigenvalue weighted by Crippen LogP contribution is -2.04. The SMILES string of the molecule is COc1ccc(C)cc1C(O)c1cccc(CN)c1. The highest BCUT2D eigenvalue weighted by atomic mass is 16.5. The van der Waals surface area contributed by atoms with E-state index in [1.807, 2.05) is 49.4 Å². The highest BCUT2D eigenvalue weighted by Gasteiger charge is 2.15. The van der Waals surface area contributed by atoms with Gasteiger partial charge in [0, 0.05) is 12.1 Å². The lowest BCUT2D eigenvalue weighted by Gasteiger charge is -2.16. The van der Waals surface area contributed by atoms with E-state index in [1.165, 1.54) is 0 Å². The number of benzene rings is 2. The van der Waals surface area contributed by atoms with E-state index in [2.05, 4.69) is 0 Å². The van der Waals surface area contributed by atoms with E-state index in [0.717, 1.165) is 22.3 Å². The average molecular weight is 257 g/mol. The zero-order valence-corrected chi connectivity index (χ0v) is 11.3. The second-order valence-corrected chi connectivity index (χ2v) is 4.60. The third kappa shape index (κ3) is 2.95. The summed E-state index contributed by atoms with van der Waals surface area (Å²) in [5, 5.41) is 10.5. The fraction of sp³-hybridized carbons (Fsp3) is 0.250. The van der Waals surface area contributed by atoms with Crippen LogP contribution in [0.1, 0.15) is 28.4 Å². The van der Waals surface area contributed by atoms with Crippen LogP contribution in [-0.2, 0) is 6.54 Å². The molecule has 3 nitrogen and oxygen atoms in total. The normalized spacial score (nSPS) is 12.2. The summed E-state index contributed by atoms with van der Waals surface area (Å²) >= 11 is 0. The van der Waals surface area contributed by atoms with Crippen LogP contribution in [0.5, 0.6) is 5.75 Å². The van der Waals surface area contributed by atoms with Gasteiger partial charge in [-0.05, 0) is 30.2 Å². The van der Waals surface area contributed by atoms with E-state index in [9.17, 15) is 5.11 Å². The van der Waals surface area contributed by atoms with Crippen LogP contribution in [-0.4, -0.2) is 12.2 Å². The van der Waals surface area contributed by atoms with Crippen LogP contribution in [0.15, 0.2) is 42.5 Å². The molecule has 0 saturated carbocycles. The van der Waals surface area contributed by atoms with Crippen molar-refractivity contribution in [2.75, 3.05) is 7.11 Å². The summed E-state index contributed by atoms with van der Waals surface area (Å²) in [6.45, 7) is 2.46. The summed E-state index contributed by atoms with van der Waals surface area (Å²) < 4.78 is 5.31. The molecule has 0 aliphatic heterocycles. The minimum atomic E-state index is -0.707. The van der Waals surface area contributed by atoms with E-state index in [0.29, 0.717) is 12.3 Å². The number of nitrogens with two attached hydrogens (primary N) is 1. The van der Waals surface area contributed by atoms with Crippen LogP contribution in [0.2, 0.25) is 0 Å². The first kappa shape index (κ1) is 13.6. The van der Waals surface area contributed by atoms with E-state index < -0.39 is 6.10 Å². The highest BCUT2D eigenvalue weighted by Crippen LogP contribution is 2.31. The molecule has 2 aromatic rings. The predicted octanol–water partition coefficient (Wildman–Crippen LogP) is 2.54. The Labute approximate surface area is 113 Å². The van der Waals surface area contributed by atoms with Crippen molar-refractivity contribution in [1.82, 2.24) is 0 Å². The molecule has 100 valence electrons. The molecule has 3 heteroatoms. The van der Waals surface area contributed by atoms with Gasteiger partial charge in [0.05, 0.1) is 7.11 Å². The quantitative estimate of drug-likeness (QED) is 0.885. The van der Waals surface area contributed by atoms with Gasteiger partial charge in [-0.15, -0.1) is 0 Å². The van der Waals surface area contributed by atoms with Crippen LogP contribution in [0, 0.1) is 6.92 Å². The maximum Gasteiger partial charge on any atom is 0.125 e. The van der Waals surface area contributed by atoms with Gasteiger partial charge in [0.25, 0.3) is 0 Å². The minimum absolute atomic E-state index is 0.464. The van der Waals surface area contributed by atoms with Gasteiger partial charge in [-0.25, -0.2) is 0 Å². The topological polar surface area (TPSA) is 55.5 Å². The zero-order valence-electron chi connectivity index (χ0n) is 11.3. The molecule has 0 aliphatic carbocycles. The highest BCUT2D eigenvalue weighted by molar-refractivity contribution is 5.43. The first-order valence-electron chi connectivity index (χ1n) is 6.27. The number of rotatable bonds is 4. The van der Waals surface area contributed by atoms with Crippen molar-refractivity contribution >= 4 is 0 Å². The number of aliphatic hydroxyl groups is 1. The number of methoxy groups -OCH3 is 1. The molecule has 19 heavy (non-hydrogen) atoms. The Hall–Kier alpha value is -1.84. The van der Waals surface area contributed by atoms with Crippen LogP contribution < -0.4 is 10.5 Å². The van der Waals surface area contributed by atoms with Gasteiger partial charge in [-0.2, -0.15) is 0 Å². The first-order chi connectivity index (χ1) is 9.15. The van der Waals surface area contributed by atoms with Gasteiger partial charge in [-0.1, -0.05) is 35.9 Å². The van der Waals surface area contributed by atoms with Gasteiger partial charge < -0.3 is 15.6 Å². The van der Waals surface area contributed by atoms with Crippen LogP contribution in [0.3, 0.4) is 0 Å². The number of hydrogen-bond acceptors (Lipinski definition) is 3. The summed E-state index contributed by atoms with van der Waals surface area (Å²) in [5.41, 5.74) is 9.32. The van der Waals surface area contributed by atoms with Crippen molar-refractivity contribution in [2.45, 2.75) is 19.6 Å². The number of hydrogen-bond donors (Lipinski definition) is 2. The fourth-order valence-electron chi connectivity index (χ4n) is 2.14. The lowest BCUT2D eigenvalue weighted by atomic mass is 9.97. The number of aliphatic hydroxyl groups excluding tert-OH is 1. The Morgan fingerprint density at radius 3 is 2.68 bits per heavy atom. The summed E-state index contributed by atoms with van der Waals surface area (Å²) in [4.78, 5) is 0. The molecule has 2 aromatic carbocycles. The van der Waals surface area contributed by atoms with Crippen molar-refractivity contribution in [1.29, 1.82) is 0 Å². The summed E-state index contributed by atoms with van der Waals surface area (Å²) in [5.74, 6) is 0.691. The molecule has 2 rings (SSSR count). The Bertz CT molecular complexity index is 566. The van der Waals surface area contributed by atoms with Crippen molar-refractivity contribution < 1.29 is 9.84 Å². The van der Waals surface area contributed by atoms with Crippen LogP contribution >= 0.6 is 0 Å². The molecule has 0 saturated heterocycles. The van der Waals surface area contributed by atoms with Crippen molar-refractivity contribution in [2.24, 2.45) is 5.73 Å². The van der Waals surface area contributed by atoms with Crippen molar-refractivity contribution in [3.05, 3.63) is 64.7 Å². The first-order valence-corrected chi connectivity index (χ1v) is 6.27. The Morgan fingerprint density at radius 1 is 1.21 bits per heavy atom. The molecule has 0 spiro atoms. The summed E-state index contributed by atoms with van der Waals surface area (Å²) in [7, 11) is 1.61. The van der Waals surface area contributed by atoms with Gasteiger partial charge in [0.15, 0.2) is 0 Å². The molecule has 0 heterocycles. The molecule has 0 aromatic heterocycles. The molecule has 0 bridgehead atoms. The average Bonchev–Trinajstić information content (AvgIpc) is 2.46. The maximum atomic E-state index is 10.5. The van der Waals surface area contributed by atoms with Crippen LogP contribution in [0.4, 0.5) is 0 Å². The molecule has 3 N–H and O–H groups in total. The molecule has 1 unspecified atom stereocenters. The zero-order chi connectivity index (χ0) is 13.8. The van der Waals surface area contributed by atoms with Gasteiger partial charge in [0.1, 0.15) is 11.9 Å². The second-order valence-electron chi connectivity index (χ2n) is 4.60. The van der Waals surface area contributed by atoms with Crippen LogP contribution in [0.25, 0.3) is 0 Å². The van der Waals surface area contributed by atoms with Gasteiger partial charge >= 0.3 is 0 Å². The van der Waals surface area contributed by atoms with Gasteiger partial charge in [-0.3, -0.25) is 0 Å². The lowest BCUT2D eigenvalue weighted by molar-refractivity contribution is 0.214. The Kier molecular flexibility index (Phi) is 4.20. The fourth-order valence-corrected chi connectivity index (χ4v) is 2.14. The van der Waals surface area contributed by atoms with E-state index >= 15 is 0 Å². The van der Waals surface area contributed by atoms with E-state index in [-0.39, 0.29) is 0 Å². The monoisotopic (exact) mass is 257 g/mol. The smallest absolute Gasteiger partial charge is 0.125 e. The number of ether oxygens (including phenoxy) is 1. The molecule has 1 atom stereocenters. The molecule has 0 radical (unpaired) electrons. The molecule has 0 fully saturated rings. The second kappa shape index (κ2) is 5.87. The Balaban J connectivity index is 2.42. The van der Waals surface area contributed by atoms with Crippen molar-refractivity contribution in [3.8, 4) is 5.75 Å². The summed E-state index contributed by atoms with van der Waals surface area (Å²) in [6, 6.07) is 13.5. The standard InChI is InChI=1S/C16H19NO2/c1-11-6-7-15(19-2)14(8-11)16(18)13-5-3-4-12(9-13)10-17/h3-9,16,18H,10,17H2,1-2H3. The largest absolute Gasteiger partial charge is 0.496 e. The molecular weight excluding hydrogens is 238 g/mol. The third-order valence-corrected chi connectivity index (χ3v) is 3.18. The third-order valence-electron chi connectivity index (χ3n) is 3.18. The van der Waals surface area contributed by atoms with Gasteiger partial charge in [0.2, 0.25) is 0 Å². The number of aryl methyl sites for hydroxylation is 1. The predicted molar refractivity (Wildman–Crippen MR) is 76.1 cm³/mol. The van der Waals surface area contributed by atoms with E-state index in [1.54, 1.807) is 7.11 Å².